The topological polar surface area (TPSA) is 81.5 Å². The highest BCUT2D eigenvalue weighted by atomic mass is 19.4. The maximum absolute atomic E-state index is 13.6. The van der Waals surface area contributed by atoms with Gasteiger partial charge in [-0.1, -0.05) is 0 Å². The van der Waals surface area contributed by atoms with Gasteiger partial charge in [0.15, 0.2) is 5.75 Å². The number of benzene rings is 1. The Kier molecular flexibility index (Phi) is 6.56. The van der Waals surface area contributed by atoms with Gasteiger partial charge >= 0.3 is 6.36 Å². The molecule has 1 aromatic carbocycles. The number of nitrogens with one attached hydrogen (secondary N) is 1. The Morgan fingerprint density at radius 1 is 1.27 bits per heavy atom. The third kappa shape index (κ3) is 5.45. The van der Waals surface area contributed by atoms with E-state index in [4.69, 9.17) is 5.26 Å². The van der Waals surface area contributed by atoms with Gasteiger partial charge in [-0.15, -0.1) is 13.2 Å². The van der Waals surface area contributed by atoms with Crippen molar-refractivity contribution in [2.45, 2.75) is 43.9 Å². The van der Waals surface area contributed by atoms with Crippen LogP contribution >= 0.6 is 0 Å². The van der Waals surface area contributed by atoms with Crippen LogP contribution in [0.25, 0.3) is 10.9 Å². The predicted molar refractivity (Wildman–Crippen MR) is 112 cm³/mol. The van der Waals surface area contributed by atoms with Crippen molar-refractivity contribution < 1.29 is 27.1 Å². The fourth-order valence-electron chi connectivity index (χ4n) is 4.40. The first kappa shape index (κ1) is 23.0. The Labute approximate surface area is 187 Å². The molecule has 11 heteroatoms. The molecule has 1 unspecified atom stereocenters. The number of aromatic nitrogens is 1. The number of hydrogen-bond acceptors (Lipinski definition) is 6. The predicted octanol–water partition coefficient (Wildman–Crippen LogP) is 3.47. The van der Waals surface area contributed by atoms with Crippen molar-refractivity contribution in [1.29, 1.82) is 5.26 Å². The van der Waals surface area contributed by atoms with E-state index in [0.717, 1.165) is 0 Å². The maximum atomic E-state index is 13.6. The summed E-state index contributed by atoms with van der Waals surface area (Å²) >= 11 is 0. The minimum atomic E-state index is -4.81. The lowest BCUT2D eigenvalue weighted by Gasteiger charge is -2.33. The van der Waals surface area contributed by atoms with Crippen LogP contribution in [0.15, 0.2) is 30.5 Å². The van der Waals surface area contributed by atoms with Crippen molar-refractivity contribution in [3.05, 3.63) is 30.5 Å². The summed E-state index contributed by atoms with van der Waals surface area (Å²) in [7, 11) is 0. The van der Waals surface area contributed by atoms with E-state index in [-0.39, 0.29) is 42.7 Å². The van der Waals surface area contributed by atoms with Gasteiger partial charge in [-0.3, -0.25) is 14.7 Å². The minimum absolute atomic E-state index is 0.0375. The number of nitrogens with zero attached hydrogens (tertiary/aromatic N) is 4. The summed E-state index contributed by atoms with van der Waals surface area (Å²) in [5.74, 6) is -0.601. The van der Waals surface area contributed by atoms with Gasteiger partial charge in [0.05, 0.1) is 19.2 Å². The first-order valence-electron chi connectivity index (χ1n) is 10.7. The number of pyridine rings is 1. The van der Waals surface area contributed by atoms with Gasteiger partial charge in [-0.2, -0.15) is 5.26 Å². The number of anilines is 1. The zero-order valence-electron chi connectivity index (χ0n) is 17.7. The summed E-state index contributed by atoms with van der Waals surface area (Å²) in [6, 6.07) is 7.46. The summed E-state index contributed by atoms with van der Waals surface area (Å²) in [6.45, 7) is 1.34. The standard InChI is InChI=1S/C22H23F4N5O2/c23-14-10-16(11-27)31(12-14)20(32)13-30-8-5-15(6-9-30)29-18-3-4-19(33-22(24,25)26)21-17(18)2-1-7-28-21/h1-4,7,14-16,29H,5-6,8-10,12-13H2/t14-,16?/m0/s1. The molecule has 33 heavy (non-hydrogen) atoms. The number of carbonyl (C=O) groups excluding carboxylic acids is 1. The number of alkyl halides is 4. The number of piperidine rings is 1. The Bertz CT molecular complexity index is 1050. The molecule has 0 spiro atoms. The molecule has 2 aromatic rings. The smallest absolute Gasteiger partial charge is 0.403 e. The van der Waals surface area contributed by atoms with Crippen molar-refractivity contribution in [3.63, 3.8) is 0 Å². The Morgan fingerprint density at radius 2 is 2.03 bits per heavy atom. The lowest BCUT2D eigenvalue weighted by atomic mass is 10.0. The lowest BCUT2D eigenvalue weighted by Crippen LogP contribution is -2.46. The molecule has 1 N–H and O–H groups in total. The van der Waals surface area contributed by atoms with Crippen LogP contribution in [0, 0.1) is 11.3 Å². The monoisotopic (exact) mass is 465 g/mol. The molecule has 2 aliphatic rings. The fourth-order valence-corrected chi connectivity index (χ4v) is 4.40. The molecule has 0 radical (unpaired) electrons. The number of hydrogen-bond donors (Lipinski definition) is 1. The van der Waals surface area contributed by atoms with Crippen molar-refractivity contribution in [2.24, 2.45) is 0 Å². The van der Waals surface area contributed by atoms with Crippen molar-refractivity contribution in [2.75, 3.05) is 31.5 Å². The van der Waals surface area contributed by atoms with Gasteiger partial charge in [0, 0.05) is 42.8 Å². The molecule has 2 saturated heterocycles. The molecule has 7 nitrogen and oxygen atoms in total. The van der Waals surface area contributed by atoms with E-state index < -0.39 is 18.6 Å². The quantitative estimate of drug-likeness (QED) is 0.682. The van der Waals surface area contributed by atoms with E-state index in [1.807, 2.05) is 11.0 Å². The zero-order chi connectivity index (χ0) is 23.6. The minimum Gasteiger partial charge on any atom is -0.403 e. The molecular weight excluding hydrogens is 442 g/mol. The van der Waals surface area contributed by atoms with Crippen LogP contribution in [0.3, 0.4) is 0 Å². The van der Waals surface area contributed by atoms with Crippen LogP contribution in [0.5, 0.6) is 5.75 Å². The number of fused-ring (bicyclic) bond motifs is 1. The summed E-state index contributed by atoms with van der Waals surface area (Å²) in [5, 5.41) is 13.0. The third-order valence-electron chi connectivity index (χ3n) is 5.98. The highest BCUT2D eigenvalue weighted by Gasteiger charge is 2.36. The molecule has 2 atom stereocenters. The maximum Gasteiger partial charge on any atom is 0.573 e. The Balaban J connectivity index is 1.36. The second-order valence-corrected chi connectivity index (χ2v) is 8.28. The normalized spacial score (nSPS) is 22.3. The molecule has 0 aliphatic carbocycles. The van der Waals surface area contributed by atoms with E-state index in [2.05, 4.69) is 15.0 Å². The van der Waals surface area contributed by atoms with Crippen LogP contribution in [0.1, 0.15) is 19.3 Å². The Hall–Kier alpha value is -3.13. The summed E-state index contributed by atoms with van der Waals surface area (Å²) < 4.78 is 55.8. The van der Waals surface area contributed by atoms with Gasteiger partial charge in [0.25, 0.3) is 0 Å². The van der Waals surface area contributed by atoms with Crippen molar-refractivity contribution >= 4 is 22.5 Å². The molecule has 176 valence electrons. The lowest BCUT2D eigenvalue weighted by molar-refractivity contribution is -0.274. The molecule has 2 aliphatic heterocycles. The first-order valence-corrected chi connectivity index (χ1v) is 10.7. The van der Waals surface area contributed by atoms with Crippen LogP contribution in [-0.4, -0.2) is 71.5 Å². The van der Waals surface area contributed by atoms with Crippen LogP contribution in [-0.2, 0) is 4.79 Å². The van der Waals surface area contributed by atoms with Gasteiger partial charge in [-0.05, 0) is 37.1 Å². The largest absolute Gasteiger partial charge is 0.573 e. The van der Waals surface area contributed by atoms with E-state index in [0.29, 0.717) is 37.0 Å². The summed E-state index contributed by atoms with van der Waals surface area (Å²) in [6.07, 6.45) is -3.08. The Morgan fingerprint density at radius 3 is 2.73 bits per heavy atom. The molecule has 1 amide bonds. The number of nitriles is 1. The molecule has 3 heterocycles. The average Bonchev–Trinajstić information content (AvgIpc) is 3.17. The van der Waals surface area contributed by atoms with E-state index in [1.165, 1.54) is 17.2 Å². The van der Waals surface area contributed by atoms with E-state index >= 15 is 0 Å². The number of halogens is 4. The first-order chi connectivity index (χ1) is 15.7. The molecule has 0 saturated carbocycles. The number of ether oxygens (including phenoxy) is 1. The number of amides is 1. The second kappa shape index (κ2) is 9.39. The number of rotatable bonds is 5. The SMILES string of the molecule is N#CC1C[C@H](F)CN1C(=O)CN1CCC(Nc2ccc(OC(F)(F)F)c3ncccc23)CC1. The molecule has 2 fully saturated rings. The number of likely N-dealkylation sites (tertiary alicyclic amines) is 2. The van der Waals surface area contributed by atoms with Crippen LogP contribution in [0.2, 0.25) is 0 Å². The number of carbonyl (C=O) groups is 1. The zero-order valence-corrected chi connectivity index (χ0v) is 17.7. The van der Waals surface area contributed by atoms with Gasteiger partial charge in [0.2, 0.25) is 5.91 Å². The van der Waals surface area contributed by atoms with E-state index in [9.17, 15) is 22.4 Å². The van der Waals surface area contributed by atoms with Crippen LogP contribution < -0.4 is 10.1 Å². The fraction of sp³-hybridized carbons (Fsp3) is 0.500. The third-order valence-corrected chi connectivity index (χ3v) is 5.98. The average molecular weight is 465 g/mol. The molecule has 0 bridgehead atoms. The summed E-state index contributed by atoms with van der Waals surface area (Å²) in [5.41, 5.74) is 0.775. The molecular formula is C22H23F4N5O2. The van der Waals surface area contributed by atoms with Gasteiger partial charge in [-0.25, -0.2) is 4.39 Å². The second-order valence-electron chi connectivity index (χ2n) is 8.28. The summed E-state index contributed by atoms with van der Waals surface area (Å²) in [4.78, 5) is 19.9. The highest BCUT2D eigenvalue weighted by molar-refractivity contribution is 5.95. The molecule has 1 aromatic heterocycles. The van der Waals surface area contributed by atoms with E-state index in [1.54, 1.807) is 18.2 Å². The van der Waals surface area contributed by atoms with Gasteiger partial charge < -0.3 is 15.0 Å². The highest BCUT2D eigenvalue weighted by Crippen LogP contribution is 2.34. The van der Waals surface area contributed by atoms with Crippen molar-refractivity contribution in [1.82, 2.24) is 14.8 Å². The molecule has 4 rings (SSSR count). The van der Waals surface area contributed by atoms with Crippen LogP contribution in [0.4, 0.5) is 23.2 Å². The van der Waals surface area contributed by atoms with Crippen molar-refractivity contribution in [3.8, 4) is 11.8 Å². The van der Waals surface area contributed by atoms with Gasteiger partial charge in [0.1, 0.15) is 17.7 Å².